The summed E-state index contributed by atoms with van der Waals surface area (Å²) in [5.41, 5.74) is 5.73. The molecule has 2 aliphatic rings. The van der Waals surface area contributed by atoms with E-state index in [-0.39, 0.29) is 35.7 Å². The summed E-state index contributed by atoms with van der Waals surface area (Å²) in [5.74, 6) is 1.49. The van der Waals surface area contributed by atoms with Gasteiger partial charge in [0.15, 0.2) is 0 Å². The monoisotopic (exact) mass is 766 g/mol. The van der Waals surface area contributed by atoms with E-state index in [0.29, 0.717) is 31.8 Å². The van der Waals surface area contributed by atoms with Crippen LogP contribution in [0.4, 0.5) is 9.59 Å². The van der Waals surface area contributed by atoms with Crippen molar-refractivity contribution < 1.29 is 29.0 Å². The maximum Gasteiger partial charge on any atom is 0.407 e. The first-order valence-electron chi connectivity index (χ1n) is 19.6. The van der Waals surface area contributed by atoms with Gasteiger partial charge in [-0.15, -0.1) is 0 Å². The van der Waals surface area contributed by atoms with Crippen molar-refractivity contribution in [3.05, 3.63) is 72.6 Å². The fourth-order valence-corrected chi connectivity index (χ4v) is 7.91. The minimum Gasteiger partial charge on any atom is -0.465 e. The minimum atomic E-state index is -1.11. The Labute approximate surface area is 328 Å². The maximum atomic E-state index is 13.7. The lowest BCUT2D eigenvalue weighted by molar-refractivity contribution is -0.137. The van der Waals surface area contributed by atoms with Crippen LogP contribution >= 0.6 is 0 Å². The molecule has 0 saturated carbocycles. The molecule has 6 rings (SSSR count). The molecule has 14 nitrogen and oxygen atoms in total. The highest BCUT2D eigenvalue weighted by molar-refractivity contribution is 5.87. The Bertz CT molecular complexity index is 1990. The van der Waals surface area contributed by atoms with Gasteiger partial charge in [0.2, 0.25) is 11.8 Å². The highest BCUT2D eigenvalue weighted by Gasteiger charge is 2.39. The quantitative estimate of drug-likeness (QED) is 0.110. The van der Waals surface area contributed by atoms with Gasteiger partial charge in [-0.2, -0.15) is 0 Å². The van der Waals surface area contributed by atoms with Gasteiger partial charge in [0.25, 0.3) is 0 Å². The van der Waals surface area contributed by atoms with E-state index in [1.54, 1.807) is 17.3 Å². The van der Waals surface area contributed by atoms with Crippen LogP contribution < -0.4 is 5.32 Å². The van der Waals surface area contributed by atoms with Gasteiger partial charge in [0, 0.05) is 20.1 Å². The number of benzene rings is 2. The van der Waals surface area contributed by atoms with E-state index in [9.17, 15) is 24.3 Å². The molecule has 4 N–H and O–H groups in total. The fraction of sp³-hybridized carbons (Fsp3) is 0.476. The second-order valence-electron chi connectivity index (χ2n) is 15.8. The number of methoxy groups -OCH3 is 1. The number of H-pyrrole nitrogens is 2. The summed E-state index contributed by atoms with van der Waals surface area (Å²) < 4.78 is 4.78. The number of nitrogens with zero attached hydrogens (tertiary/aromatic N) is 5. The average Bonchev–Trinajstić information content (AvgIpc) is 4.02. The summed E-state index contributed by atoms with van der Waals surface area (Å²) >= 11 is 0. The Morgan fingerprint density at radius 1 is 0.768 bits per heavy atom. The van der Waals surface area contributed by atoms with Gasteiger partial charge in [-0.25, -0.2) is 19.6 Å². The third-order valence-electron chi connectivity index (χ3n) is 10.9. The fourth-order valence-electron chi connectivity index (χ4n) is 7.91. The largest absolute Gasteiger partial charge is 0.465 e. The minimum absolute atomic E-state index is 0.127. The summed E-state index contributed by atoms with van der Waals surface area (Å²) in [7, 11) is 2.76. The molecule has 0 aliphatic carbocycles. The molecule has 14 heteroatoms. The molecule has 2 aliphatic heterocycles. The molecule has 2 aromatic carbocycles. The first kappa shape index (κ1) is 40.0. The Balaban J connectivity index is 1.11. The van der Waals surface area contributed by atoms with Crippen molar-refractivity contribution in [1.29, 1.82) is 0 Å². The first-order chi connectivity index (χ1) is 26.8. The smallest absolute Gasteiger partial charge is 0.407 e. The van der Waals surface area contributed by atoms with Crippen LogP contribution in [-0.2, 0) is 14.3 Å². The van der Waals surface area contributed by atoms with Crippen LogP contribution in [-0.4, -0.2) is 103 Å². The molecule has 2 fully saturated rings. The maximum absolute atomic E-state index is 13.7. The Morgan fingerprint density at radius 3 is 1.64 bits per heavy atom. The molecule has 4 amide bonds. The zero-order valence-electron chi connectivity index (χ0n) is 33.1. The number of rotatable bonds is 13. The number of likely N-dealkylation sites (tertiary alicyclic amines) is 2. The van der Waals surface area contributed by atoms with Crippen molar-refractivity contribution >= 4 is 24.0 Å². The second kappa shape index (κ2) is 17.4. The van der Waals surface area contributed by atoms with Crippen molar-refractivity contribution in [3.63, 3.8) is 0 Å². The van der Waals surface area contributed by atoms with Crippen LogP contribution in [0.5, 0.6) is 0 Å². The van der Waals surface area contributed by atoms with Crippen LogP contribution in [0.15, 0.2) is 60.9 Å². The number of carbonyl (C=O) groups excluding carboxylic acids is 3. The van der Waals surface area contributed by atoms with Crippen LogP contribution in [0.2, 0.25) is 0 Å². The number of carboxylic acid groups (broad SMARTS) is 1. The lowest BCUT2D eigenvalue weighted by atomic mass is 10.0. The predicted molar refractivity (Wildman–Crippen MR) is 212 cm³/mol. The van der Waals surface area contributed by atoms with E-state index < -0.39 is 24.3 Å². The molecule has 4 atom stereocenters. The predicted octanol–water partition coefficient (Wildman–Crippen LogP) is 7.26. The molecular formula is C42H54N8O6. The van der Waals surface area contributed by atoms with Crippen LogP contribution in [0.3, 0.4) is 0 Å². The van der Waals surface area contributed by atoms with Gasteiger partial charge in [0.1, 0.15) is 23.7 Å². The number of likely N-dealkylation sites (N-methyl/N-ethyl adjacent to an activating group) is 1. The van der Waals surface area contributed by atoms with Gasteiger partial charge < -0.3 is 34.9 Å². The summed E-state index contributed by atoms with van der Waals surface area (Å²) in [6.45, 7) is 9.17. The van der Waals surface area contributed by atoms with Gasteiger partial charge in [-0.1, -0.05) is 76.2 Å². The van der Waals surface area contributed by atoms with Crippen molar-refractivity contribution in [1.82, 2.24) is 40.0 Å². The lowest BCUT2D eigenvalue weighted by Gasteiger charge is -2.32. The van der Waals surface area contributed by atoms with E-state index in [1.165, 1.54) is 14.2 Å². The molecule has 4 heterocycles. The van der Waals surface area contributed by atoms with Gasteiger partial charge in [-0.3, -0.25) is 14.5 Å². The molecule has 4 aromatic rings. The first-order valence-corrected chi connectivity index (χ1v) is 19.6. The van der Waals surface area contributed by atoms with Crippen molar-refractivity contribution in [2.75, 3.05) is 27.2 Å². The molecule has 2 aromatic heterocycles. The number of ether oxygens (including phenoxy) is 1. The number of alkyl carbamates (subject to hydrolysis) is 1. The molecule has 2 saturated heterocycles. The standard InChI is InChI=1S/C42H54N8O6/c1-25(2)21-31(47-41(53)56-6)39(51)49-19-7-9-34(49)37-43-23-32(45-37)29-15-11-27(12-16-29)28-13-17-30(18-14-28)33-24-44-38(46-33)35-10-8-20-50(35)40(52)36(22-26(3)4)48(5)42(54)55/h11-18,23-26,31,34-36H,7-10,19-22H2,1-6H3,(H,43,45)(H,44,46)(H,47,53)(H,54,55)/t31-,34?,35-,36-/m0/s1. The molecule has 0 bridgehead atoms. The number of hydrogen-bond acceptors (Lipinski definition) is 7. The molecule has 56 heavy (non-hydrogen) atoms. The molecule has 0 spiro atoms. The van der Waals surface area contributed by atoms with Gasteiger partial charge in [0.05, 0.1) is 43.0 Å². The Kier molecular flexibility index (Phi) is 12.5. The highest BCUT2D eigenvalue weighted by atomic mass is 16.5. The van der Waals surface area contributed by atoms with Gasteiger partial charge in [-0.05, 0) is 72.6 Å². The molecule has 0 radical (unpaired) electrons. The number of aromatic amines is 2. The summed E-state index contributed by atoms with van der Waals surface area (Å²) in [4.78, 5) is 72.1. The Morgan fingerprint density at radius 2 is 1.21 bits per heavy atom. The Hall–Kier alpha value is -5.66. The number of nitrogens with one attached hydrogen (secondary N) is 3. The zero-order chi connectivity index (χ0) is 40.1. The highest BCUT2D eigenvalue weighted by Crippen LogP contribution is 2.35. The number of hydrogen-bond donors (Lipinski definition) is 4. The normalized spacial score (nSPS) is 18.0. The lowest BCUT2D eigenvalue weighted by Crippen LogP contribution is -2.49. The number of amides is 4. The van der Waals surface area contributed by atoms with Gasteiger partial charge >= 0.3 is 12.2 Å². The van der Waals surface area contributed by atoms with Crippen LogP contribution in [0, 0.1) is 11.8 Å². The van der Waals surface area contributed by atoms with Crippen molar-refractivity contribution in [2.45, 2.75) is 90.4 Å². The SMILES string of the molecule is COC(=O)N[C@@H](CC(C)C)C(=O)N1CCCC1c1ncc(-c2ccc(-c3ccc(-c4cnc([C@@H]5CCCN5C(=O)[C@H](CC(C)C)N(C)C(=O)O)[nH]4)cc3)cc2)[nH]1. The summed E-state index contributed by atoms with van der Waals surface area (Å²) in [6, 6.07) is 14.6. The molecular weight excluding hydrogens is 713 g/mol. The van der Waals surface area contributed by atoms with E-state index in [4.69, 9.17) is 4.74 Å². The van der Waals surface area contributed by atoms with Crippen LogP contribution in [0.1, 0.15) is 90.0 Å². The average molecular weight is 767 g/mol. The third kappa shape index (κ3) is 8.90. The van der Waals surface area contributed by atoms with E-state index in [1.807, 2.05) is 56.9 Å². The van der Waals surface area contributed by atoms with E-state index >= 15 is 0 Å². The second-order valence-corrected chi connectivity index (χ2v) is 15.8. The van der Waals surface area contributed by atoms with Crippen LogP contribution in [0.25, 0.3) is 33.6 Å². The third-order valence-corrected chi connectivity index (χ3v) is 10.9. The van der Waals surface area contributed by atoms with Crippen molar-refractivity contribution in [2.24, 2.45) is 11.8 Å². The zero-order valence-corrected chi connectivity index (χ0v) is 33.1. The summed E-state index contributed by atoms with van der Waals surface area (Å²) in [5, 5.41) is 12.4. The summed E-state index contributed by atoms with van der Waals surface area (Å²) in [6.07, 6.45) is 6.04. The van der Waals surface area contributed by atoms with Crippen molar-refractivity contribution in [3.8, 4) is 33.6 Å². The number of carbonyl (C=O) groups is 4. The number of aromatic nitrogens is 4. The topological polar surface area (TPSA) is 177 Å². The number of imidazole rings is 2. The molecule has 1 unspecified atom stereocenters. The van der Waals surface area contributed by atoms with E-state index in [0.717, 1.165) is 70.0 Å². The molecule has 298 valence electrons. The van der Waals surface area contributed by atoms with E-state index in [2.05, 4.69) is 49.5 Å².